The molecule has 104 valence electrons. The second-order valence-electron chi connectivity index (χ2n) is 4.33. The fourth-order valence-electron chi connectivity index (χ4n) is 1.86. The van der Waals surface area contributed by atoms with Crippen molar-refractivity contribution < 1.29 is 14.7 Å². The van der Waals surface area contributed by atoms with Crippen LogP contribution < -0.4 is 4.90 Å². The number of imidazole rings is 1. The van der Waals surface area contributed by atoms with Crippen LogP contribution >= 0.6 is 0 Å². The van der Waals surface area contributed by atoms with E-state index in [1.54, 1.807) is 35.9 Å². The highest BCUT2D eigenvalue weighted by atomic mass is 16.4. The summed E-state index contributed by atoms with van der Waals surface area (Å²) in [4.78, 5) is 28.6. The number of hydrogen-bond acceptors (Lipinski definition) is 3. The van der Waals surface area contributed by atoms with Gasteiger partial charge >= 0.3 is 5.97 Å². The molecule has 0 atom stereocenters. The Morgan fingerprint density at radius 2 is 2.00 bits per heavy atom. The molecule has 0 saturated carbocycles. The standard InChI is InChI=1S/C14H15N3O3/c1-16-10-15-9-12(16)14(20)17(8-7-13(18)19)11-5-3-2-4-6-11/h2-6,9-10H,7-8H2,1H3,(H,18,19). The maximum atomic E-state index is 12.5. The van der Waals surface area contributed by atoms with Crippen molar-refractivity contribution >= 4 is 17.6 Å². The molecular formula is C14H15N3O3. The van der Waals surface area contributed by atoms with E-state index < -0.39 is 5.97 Å². The summed E-state index contributed by atoms with van der Waals surface area (Å²) in [5, 5.41) is 8.82. The van der Waals surface area contributed by atoms with Crippen LogP contribution in [0.2, 0.25) is 0 Å². The third kappa shape index (κ3) is 3.03. The normalized spacial score (nSPS) is 10.2. The predicted octanol–water partition coefficient (Wildman–Crippen LogP) is 1.54. The highest BCUT2D eigenvalue weighted by Crippen LogP contribution is 2.17. The summed E-state index contributed by atoms with van der Waals surface area (Å²) < 4.78 is 1.61. The lowest BCUT2D eigenvalue weighted by Gasteiger charge is -2.22. The molecule has 20 heavy (non-hydrogen) atoms. The minimum Gasteiger partial charge on any atom is -0.481 e. The van der Waals surface area contributed by atoms with Gasteiger partial charge in [0.1, 0.15) is 5.69 Å². The second-order valence-corrected chi connectivity index (χ2v) is 4.33. The number of para-hydroxylation sites is 1. The molecule has 1 N–H and O–H groups in total. The first-order valence-electron chi connectivity index (χ1n) is 6.14. The first kappa shape index (κ1) is 13.8. The van der Waals surface area contributed by atoms with Gasteiger partial charge in [0.2, 0.25) is 0 Å². The molecule has 1 aromatic carbocycles. The van der Waals surface area contributed by atoms with Gasteiger partial charge in [-0.3, -0.25) is 9.59 Å². The zero-order valence-electron chi connectivity index (χ0n) is 11.1. The summed E-state index contributed by atoms with van der Waals surface area (Å²) in [6, 6.07) is 9.00. The van der Waals surface area contributed by atoms with E-state index in [0.717, 1.165) is 0 Å². The highest BCUT2D eigenvalue weighted by molar-refractivity contribution is 6.05. The number of aryl methyl sites for hydroxylation is 1. The molecule has 0 aliphatic heterocycles. The van der Waals surface area contributed by atoms with Crippen LogP contribution in [-0.4, -0.2) is 33.1 Å². The van der Waals surface area contributed by atoms with Gasteiger partial charge in [0.15, 0.2) is 0 Å². The Morgan fingerprint density at radius 3 is 2.55 bits per heavy atom. The summed E-state index contributed by atoms with van der Waals surface area (Å²) in [5.74, 6) is -1.21. The first-order chi connectivity index (χ1) is 9.59. The van der Waals surface area contributed by atoms with E-state index in [1.165, 1.54) is 17.4 Å². The van der Waals surface area contributed by atoms with Crippen molar-refractivity contribution in [3.8, 4) is 0 Å². The molecule has 1 heterocycles. The topological polar surface area (TPSA) is 75.4 Å². The van der Waals surface area contributed by atoms with E-state index in [1.807, 2.05) is 6.07 Å². The van der Waals surface area contributed by atoms with Gasteiger partial charge < -0.3 is 14.6 Å². The lowest BCUT2D eigenvalue weighted by molar-refractivity contribution is -0.136. The minimum absolute atomic E-state index is 0.113. The predicted molar refractivity (Wildman–Crippen MR) is 73.6 cm³/mol. The summed E-state index contributed by atoms with van der Waals surface area (Å²) >= 11 is 0. The molecule has 0 bridgehead atoms. The van der Waals surface area contributed by atoms with Gasteiger partial charge in [-0.05, 0) is 12.1 Å². The van der Waals surface area contributed by atoms with Crippen LogP contribution in [0.25, 0.3) is 0 Å². The van der Waals surface area contributed by atoms with E-state index in [0.29, 0.717) is 11.4 Å². The van der Waals surface area contributed by atoms with E-state index in [4.69, 9.17) is 5.11 Å². The Kier molecular flexibility index (Phi) is 4.14. The summed E-state index contributed by atoms with van der Waals surface area (Å²) in [6.45, 7) is 0.114. The number of hydrogen-bond donors (Lipinski definition) is 1. The van der Waals surface area contributed by atoms with Gasteiger partial charge in [-0.25, -0.2) is 4.98 Å². The van der Waals surface area contributed by atoms with Gasteiger partial charge in [-0.1, -0.05) is 18.2 Å². The third-order valence-corrected chi connectivity index (χ3v) is 2.90. The van der Waals surface area contributed by atoms with Gasteiger partial charge in [-0.2, -0.15) is 0 Å². The number of carboxylic acids is 1. The van der Waals surface area contributed by atoms with Crippen molar-refractivity contribution in [3.63, 3.8) is 0 Å². The van der Waals surface area contributed by atoms with Crippen LogP contribution in [0.4, 0.5) is 5.69 Å². The smallest absolute Gasteiger partial charge is 0.305 e. The molecule has 1 aromatic heterocycles. The van der Waals surface area contributed by atoms with E-state index in [2.05, 4.69) is 4.98 Å². The molecular weight excluding hydrogens is 258 g/mol. The van der Waals surface area contributed by atoms with Crippen molar-refractivity contribution in [3.05, 3.63) is 48.5 Å². The first-order valence-corrected chi connectivity index (χ1v) is 6.14. The maximum Gasteiger partial charge on any atom is 0.305 e. The number of aromatic nitrogens is 2. The molecule has 2 rings (SSSR count). The lowest BCUT2D eigenvalue weighted by Crippen LogP contribution is -2.34. The number of rotatable bonds is 5. The number of carboxylic acid groups (broad SMARTS) is 1. The third-order valence-electron chi connectivity index (χ3n) is 2.90. The number of benzene rings is 1. The van der Waals surface area contributed by atoms with Gasteiger partial charge in [0, 0.05) is 19.3 Å². The average molecular weight is 273 g/mol. The Bertz CT molecular complexity index is 607. The molecule has 0 saturated heterocycles. The second kappa shape index (κ2) is 6.01. The fourth-order valence-corrected chi connectivity index (χ4v) is 1.86. The SMILES string of the molecule is Cn1cncc1C(=O)N(CCC(=O)O)c1ccccc1. The van der Waals surface area contributed by atoms with Crippen LogP contribution in [0.1, 0.15) is 16.9 Å². The number of carbonyl (C=O) groups is 2. The number of carbonyl (C=O) groups excluding carboxylic acids is 1. The Hall–Kier alpha value is -2.63. The zero-order chi connectivity index (χ0) is 14.5. The summed E-state index contributed by atoms with van der Waals surface area (Å²) in [7, 11) is 1.72. The van der Waals surface area contributed by atoms with Crippen LogP contribution in [0.5, 0.6) is 0 Å². The van der Waals surface area contributed by atoms with E-state index in [-0.39, 0.29) is 18.9 Å². The average Bonchev–Trinajstić information content (AvgIpc) is 2.86. The number of anilines is 1. The van der Waals surface area contributed by atoms with Crippen molar-refractivity contribution in [1.29, 1.82) is 0 Å². The molecule has 0 aliphatic rings. The van der Waals surface area contributed by atoms with E-state index in [9.17, 15) is 9.59 Å². The number of nitrogens with zero attached hydrogens (tertiary/aromatic N) is 3. The fraction of sp³-hybridized carbons (Fsp3) is 0.214. The molecule has 0 unspecified atom stereocenters. The zero-order valence-corrected chi connectivity index (χ0v) is 11.1. The van der Waals surface area contributed by atoms with Crippen molar-refractivity contribution in [1.82, 2.24) is 9.55 Å². The van der Waals surface area contributed by atoms with E-state index >= 15 is 0 Å². The molecule has 0 fully saturated rings. The van der Waals surface area contributed by atoms with Crippen molar-refractivity contribution in [2.75, 3.05) is 11.4 Å². The van der Waals surface area contributed by atoms with Crippen LogP contribution in [0, 0.1) is 0 Å². The van der Waals surface area contributed by atoms with Gasteiger partial charge in [0.25, 0.3) is 5.91 Å². The molecule has 0 aliphatic carbocycles. The largest absolute Gasteiger partial charge is 0.481 e. The molecule has 6 nitrogen and oxygen atoms in total. The van der Waals surface area contributed by atoms with Crippen LogP contribution in [0.3, 0.4) is 0 Å². The maximum absolute atomic E-state index is 12.5. The molecule has 1 amide bonds. The monoisotopic (exact) mass is 273 g/mol. The summed E-state index contributed by atoms with van der Waals surface area (Å²) in [6.07, 6.45) is 2.89. The minimum atomic E-state index is -0.941. The summed E-state index contributed by atoms with van der Waals surface area (Å²) in [5.41, 5.74) is 1.08. The quantitative estimate of drug-likeness (QED) is 0.896. The Morgan fingerprint density at radius 1 is 1.30 bits per heavy atom. The van der Waals surface area contributed by atoms with Gasteiger partial charge in [-0.15, -0.1) is 0 Å². The number of aliphatic carboxylic acids is 1. The van der Waals surface area contributed by atoms with Crippen molar-refractivity contribution in [2.24, 2.45) is 7.05 Å². The molecule has 0 radical (unpaired) electrons. The number of amides is 1. The van der Waals surface area contributed by atoms with Crippen LogP contribution in [0.15, 0.2) is 42.9 Å². The van der Waals surface area contributed by atoms with Gasteiger partial charge in [0.05, 0.1) is 18.9 Å². The van der Waals surface area contributed by atoms with Crippen molar-refractivity contribution in [2.45, 2.75) is 6.42 Å². The van der Waals surface area contributed by atoms with Crippen LogP contribution in [-0.2, 0) is 11.8 Å². The molecule has 0 spiro atoms. The lowest BCUT2D eigenvalue weighted by atomic mass is 10.2. The molecule has 2 aromatic rings. The molecule has 6 heteroatoms. The highest BCUT2D eigenvalue weighted by Gasteiger charge is 2.20. The Labute approximate surface area is 116 Å². The Balaban J connectivity index is 2.29.